The second kappa shape index (κ2) is 6.36. The maximum absolute atomic E-state index is 11.8. The summed E-state index contributed by atoms with van der Waals surface area (Å²) < 4.78 is 35.3. The molecule has 2 amide bonds. The molecule has 3 N–H and O–H groups in total. The number of carboxylic acid groups (broad SMARTS) is 1. The number of amides is 2. The number of hydrogen-bond donors (Lipinski definition) is 3. The predicted octanol–water partition coefficient (Wildman–Crippen LogP) is 1.25. The van der Waals surface area contributed by atoms with Gasteiger partial charge in [-0.2, -0.15) is 13.2 Å². The molecular formula is C9H10F3N3O3S. The van der Waals surface area contributed by atoms with Crippen molar-refractivity contribution in [2.45, 2.75) is 12.6 Å². The first-order chi connectivity index (χ1) is 8.78. The van der Waals surface area contributed by atoms with E-state index >= 15 is 0 Å². The fourth-order valence-corrected chi connectivity index (χ4v) is 1.82. The molecule has 6 nitrogen and oxygen atoms in total. The van der Waals surface area contributed by atoms with E-state index in [0.29, 0.717) is 5.01 Å². The van der Waals surface area contributed by atoms with E-state index < -0.39 is 24.7 Å². The van der Waals surface area contributed by atoms with Crippen LogP contribution in [0, 0.1) is 0 Å². The Morgan fingerprint density at radius 2 is 2.05 bits per heavy atom. The number of rotatable bonds is 5. The van der Waals surface area contributed by atoms with Gasteiger partial charge in [-0.15, -0.1) is 11.3 Å². The van der Waals surface area contributed by atoms with Crippen LogP contribution >= 0.6 is 11.3 Å². The van der Waals surface area contributed by atoms with Crippen LogP contribution in [0.5, 0.6) is 0 Å². The molecule has 0 radical (unpaired) electrons. The van der Waals surface area contributed by atoms with Gasteiger partial charge >= 0.3 is 18.2 Å². The van der Waals surface area contributed by atoms with Gasteiger partial charge < -0.3 is 15.7 Å². The number of carbonyl (C=O) groups is 2. The Balaban J connectivity index is 2.26. The van der Waals surface area contributed by atoms with Crippen molar-refractivity contribution >= 4 is 23.3 Å². The van der Waals surface area contributed by atoms with Crippen LogP contribution in [0.25, 0.3) is 0 Å². The molecule has 0 aliphatic carbocycles. The van der Waals surface area contributed by atoms with Crippen molar-refractivity contribution in [3.63, 3.8) is 0 Å². The van der Waals surface area contributed by atoms with E-state index in [9.17, 15) is 22.8 Å². The number of thiazole rings is 1. The summed E-state index contributed by atoms with van der Waals surface area (Å²) in [6.45, 7) is -1.34. The zero-order valence-electron chi connectivity index (χ0n) is 9.45. The number of urea groups is 1. The smallest absolute Gasteiger partial charge is 0.405 e. The fraction of sp³-hybridized carbons (Fsp3) is 0.444. The summed E-state index contributed by atoms with van der Waals surface area (Å²) in [7, 11) is 0. The Morgan fingerprint density at radius 3 is 2.58 bits per heavy atom. The molecular weight excluding hydrogens is 287 g/mol. The first kappa shape index (κ1) is 15.2. The maximum Gasteiger partial charge on any atom is 0.405 e. The van der Waals surface area contributed by atoms with Crippen molar-refractivity contribution in [3.05, 3.63) is 16.1 Å². The number of nitrogens with zero attached hydrogens (tertiary/aromatic N) is 1. The van der Waals surface area contributed by atoms with E-state index in [0.717, 1.165) is 11.3 Å². The average molecular weight is 297 g/mol. The topological polar surface area (TPSA) is 91.3 Å². The lowest BCUT2D eigenvalue weighted by molar-refractivity contribution is -0.122. The van der Waals surface area contributed by atoms with Crippen LogP contribution < -0.4 is 10.6 Å². The lowest BCUT2D eigenvalue weighted by atomic mass is 10.4. The Labute approximate surface area is 109 Å². The lowest BCUT2D eigenvalue weighted by Crippen LogP contribution is -2.41. The van der Waals surface area contributed by atoms with Crippen molar-refractivity contribution < 1.29 is 27.9 Å². The second-order valence-electron chi connectivity index (χ2n) is 3.41. The molecule has 1 aromatic rings. The minimum absolute atomic E-state index is 0.0657. The highest BCUT2D eigenvalue weighted by Crippen LogP contribution is 2.12. The van der Waals surface area contributed by atoms with Crippen molar-refractivity contribution in [1.82, 2.24) is 15.6 Å². The third-order valence-electron chi connectivity index (χ3n) is 1.84. The monoisotopic (exact) mass is 297 g/mol. The lowest BCUT2D eigenvalue weighted by Gasteiger charge is -2.09. The number of nitrogens with one attached hydrogen (secondary N) is 2. The van der Waals surface area contributed by atoms with Crippen LogP contribution in [0.3, 0.4) is 0 Å². The van der Waals surface area contributed by atoms with Gasteiger partial charge in [-0.3, -0.25) is 0 Å². The van der Waals surface area contributed by atoms with Crippen molar-refractivity contribution in [2.24, 2.45) is 0 Å². The van der Waals surface area contributed by atoms with Crippen LogP contribution in [-0.4, -0.2) is 41.4 Å². The van der Waals surface area contributed by atoms with Crippen LogP contribution in [0.1, 0.15) is 15.5 Å². The Kier molecular flexibility index (Phi) is 5.10. The van der Waals surface area contributed by atoms with Gasteiger partial charge in [0.2, 0.25) is 0 Å². The van der Waals surface area contributed by atoms with Gasteiger partial charge in [0.15, 0.2) is 5.69 Å². The SMILES string of the molecule is O=C(NCCc1nc(C(=O)O)cs1)NCC(F)(F)F. The van der Waals surface area contributed by atoms with E-state index in [-0.39, 0.29) is 18.7 Å². The van der Waals surface area contributed by atoms with E-state index in [1.165, 1.54) is 5.38 Å². The molecule has 0 saturated heterocycles. The van der Waals surface area contributed by atoms with Gasteiger partial charge in [0.05, 0.1) is 5.01 Å². The molecule has 0 spiro atoms. The summed E-state index contributed by atoms with van der Waals surface area (Å²) >= 11 is 1.10. The maximum atomic E-state index is 11.8. The molecule has 0 aliphatic heterocycles. The molecule has 0 atom stereocenters. The molecule has 10 heteroatoms. The number of aromatic nitrogens is 1. The molecule has 1 heterocycles. The largest absolute Gasteiger partial charge is 0.476 e. The Hall–Kier alpha value is -1.84. The number of carbonyl (C=O) groups excluding carboxylic acids is 1. The summed E-state index contributed by atoms with van der Waals surface area (Å²) in [6, 6.07) is -0.938. The third kappa shape index (κ3) is 6.04. The zero-order chi connectivity index (χ0) is 14.5. The van der Waals surface area contributed by atoms with E-state index in [1.807, 2.05) is 0 Å². The van der Waals surface area contributed by atoms with Crippen LogP contribution in [0.4, 0.5) is 18.0 Å². The fourth-order valence-electron chi connectivity index (χ4n) is 1.05. The normalized spacial score (nSPS) is 11.1. The van der Waals surface area contributed by atoms with Gasteiger partial charge in [0, 0.05) is 18.3 Å². The molecule has 0 aliphatic rings. The number of alkyl halides is 3. The summed E-state index contributed by atoms with van der Waals surface area (Å²) in [5.41, 5.74) is -0.0958. The molecule has 0 bridgehead atoms. The van der Waals surface area contributed by atoms with Crippen molar-refractivity contribution in [1.29, 1.82) is 0 Å². The summed E-state index contributed by atoms with van der Waals surface area (Å²) in [5.74, 6) is -1.15. The summed E-state index contributed by atoms with van der Waals surface area (Å²) in [4.78, 5) is 25.3. The van der Waals surface area contributed by atoms with Crippen molar-refractivity contribution in [3.8, 4) is 0 Å². The van der Waals surface area contributed by atoms with Gasteiger partial charge in [-0.1, -0.05) is 0 Å². The average Bonchev–Trinajstić information content (AvgIpc) is 2.74. The minimum atomic E-state index is -4.46. The first-order valence-corrected chi connectivity index (χ1v) is 5.92. The van der Waals surface area contributed by atoms with E-state index in [1.54, 1.807) is 5.32 Å². The molecule has 0 saturated carbocycles. The van der Waals surface area contributed by atoms with Crippen LogP contribution in [0.15, 0.2) is 5.38 Å². The van der Waals surface area contributed by atoms with E-state index in [4.69, 9.17) is 5.11 Å². The van der Waals surface area contributed by atoms with Crippen molar-refractivity contribution in [2.75, 3.05) is 13.1 Å². The Morgan fingerprint density at radius 1 is 1.37 bits per heavy atom. The standard InChI is InChI=1S/C9H10F3N3O3S/c10-9(11,12)4-14-8(18)13-2-1-6-15-5(3-19-6)7(16)17/h3H,1-2,4H2,(H,16,17)(H2,13,14,18). The molecule has 1 rings (SSSR count). The molecule has 19 heavy (non-hydrogen) atoms. The van der Waals surface area contributed by atoms with Gasteiger partial charge in [0.25, 0.3) is 0 Å². The predicted molar refractivity (Wildman–Crippen MR) is 60.2 cm³/mol. The molecule has 0 aromatic carbocycles. The van der Waals surface area contributed by atoms with Gasteiger partial charge in [-0.25, -0.2) is 14.6 Å². The highest BCUT2D eigenvalue weighted by Gasteiger charge is 2.27. The minimum Gasteiger partial charge on any atom is -0.476 e. The van der Waals surface area contributed by atoms with E-state index in [2.05, 4.69) is 10.3 Å². The number of aromatic carboxylic acids is 1. The Bertz CT molecular complexity index is 461. The van der Waals surface area contributed by atoms with Gasteiger partial charge in [-0.05, 0) is 0 Å². The van der Waals surface area contributed by atoms with Crippen LogP contribution in [0.2, 0.25) is 0 Å². The number of halogens is 3. The molecule has 0 fully saturated rings. The highest BCUT2D eigenvalue weighted by molar-refractivity contribution is 7.09. The highest BCUT2D eigenvalue weighted by atomic mass is 32.1. The second-order valence-corrected chi connectivity index (χ2v) is 4.35. The zero-order valence-corrected chi connectivity index (χ0v) is 10.3. The van der Waals surface area contributed by atoms with Crippen LogP contribution in [-0.2, 0) is 6.42 Å². The molecule has 0 unspecified atom stereocenters. The third-order valence-corrected chi connectivity index (χ3v) is 2.75. The van der Waals surface area contributed by atoms with Gasteiger partial charge in [0.1, 0.15) is 6.54 Å². The quantitative estimate of drug-likeness (QED) is 0.762. The molecule has 1 aromatic heterocycles. The number of carboxylic acids is 1. The first-order valence-electron chi connectivity index (χ1n) is 5.04. The summed E-state index contributed by atoms with van der Waals surface area (Å²) in [5, 5.41) is 14.3. The molecule has 106 valence electrons. The number of hydrogen-bond acceptors (Lipinski definition) is 4. The summed E-state index contributed by atoms with van der Waals surface area (Å²) in [6.07, 6.45) is -4.21.